The molecule has 0 radical (unpaired) electrons. The second kappa shape index (κ2) is 11.2. The van der Waals surface area contributed by atoms with E-state index in [1.165, 1.54) is 37.7 Å². The zero-order chi connectivity index (χ0) is 24.1. The fourth-order valence-electron chi connectivity index (χ4n) is 5.31. The molecule has 0 bridgehead atoms. The van der Waals surface area contributed by atoms with E-state index in [-0.39, 0.29) is 6.10 Å². The summed E-state index contributed by atoms with van der Waals surface area (Å²) in [7, 11) is 1.82. The van der Waals surface area contributed by atoms with Gasteiger partial charge in [0.15, 0.2) is 0 Å². The summed E-state index contributed by atoms with van der Waals surface area (Å²) in [5.74, 6) is 1.32. The van der Waals surface area contributed by atoms with Crippen LogP contribution in [0.5, 0.6) is 0 Å². The number of hydrogen-bond donors (Lipinski definition) is 3. The van der Waals surface area contributed by atoms with Gasteiger partial charge in [0.05, 0.1) is 17.3 Å². The van der Waals surface area contributed by atoms with Crippen molar-refractivity contribution in [2.24, 2.45) is 5.92 Å². The number of nitrogens with one attached hydrogen (secondary N) is 3. The highest BCUT2D eigenvalue weighted by Crippen LogP contribution is 2.30. The van der Waals surface area contributed by atoms with E-state index in [1.807, 2.05) is 7.11 Å². The first-order chi connectivity index (χ1) is 16.4. The molecule has 1 aliphatic carbocycles. The van der Waals surface area contributed by atoms with Gasteiger partial charge in [0.25, 0.3) is 0 Å². The monoisotopic (exact) mass is 461 g/mol. The lowest BCUT2D eigenvalue weighted by molar-refractivity contribution is 0.0407. The first-order valence-electron chi connectivity index (χ1n) is 12.7. The number of ether oxygens (including phenoxy) is 1. The maximum absolute atomic E-state index is 8.73. The molecule has 1 aliphatic heterocycles. The molecule has 1 saturated carbocycles. The minimum atomic E-state index is 0.127. The summed E-state index contributed by atoms with van der Waals surface area (Å²) in [5, 5.41) is 21.3. The molecule has 1 aromatic carbocycles. The molecule has 6 heteroatoms. The Balaban J connectivity index is 1.56. The number of aromatic nitrogens is 1. The van der Waals surface area contributed by atoms with Crippen molar-refractivity contribution < 1.29 is 4.74 Å². The Morgan fingerprint density at radius 2 is 1.94 bits per heavy atom. The van der Waals surface area contributed by atoms with Gasteiger partial charge in [-0.05, 0) is 63.5 Å². The van der Waals surface area contributed by atoms with Crippen LogP contribution in [0.3, 0.4) is 0 Å². The summed E-state index contributed by atoms with van der Waals surface area (Å²) in [6.45, 7) is 6.47. The van der Waals surface area contributed by atoms with E-state index in [9.17, 15) is 0 Å². The number of fused-ring (bicyclic) bond motifs is 1. The first kappa shape index (κ1) is 24.6. The van der Waals surface area contributed by atoms with Gasteiger partial charge in [-0.25, -0.2) is 4.98 Å². The third-order valence-corrected chi connectivity index (χ3v) is 7.31. The van der Waals surface area contributed by atoms with E-state index in [0.29, 0.717) is 23.4 Å². The van der Waals surface area contributed by atoms with Crippen LogP contribution in [-0.2, 0) is 4.74 Å². The molecule has 3 N–H and O–H groups in total. The molecule has 1 saturated heterocycles. The molecule has 6 nitrogen and oxygen atoms in total. The fraction of sp³-hybridized carbons (Fsp3) is 0.536. The Morgan fingerprint density at radius 1 is 1.15 bits per heavy atom. The number of anilines is 1. The van der Waals surface area contributed by atoms with Crippen LogP contribution >= 0.6 is 0 Å². The van der Waals surface area contributed by atoms with Crippen molar-refractivity contribution in [1.29, 1.82) is 10.8 Å². The first-order valence-corrected chi connectivity index (χ1v) is 12.7. The van der Waals surface area contributed by atoms with E-state index >= 15 is 0 Å². The predicted octanol–water partition coefficient (Wildman–Crippen LogP) is 5.27. The minimum absolute atomic E-state index is 0.127. The highest BCUT2D eigenvalue weighted by atomic mass is 16.5. The maximum Gasteiger partial charge on any atom is 0.138 e. The molecule has 2 atom stereocenters. The molecular weight excluding hydrogens is 422 g/mol. The molecule has 0 amide bonds. The van der Waals surface area contributed by atoms with Gasteiger partial charge in [-0.15, -0.1) is 0 Å². The van der Waals surface area contributed by atoms with E-state index in [2.05, 4.69) is 41.4 Å². The van der Waals surface area contributed by atoms with Gasteiger partial charge in [0.2, 0.25) is 0 Å². The average Bonchev–Trinajstić information content (AvgIpc) is 2.85. The number of benzene rings is 1. The Bertz CT molecular complexity index is 1060. The Kier molecular flexibility index (Phi) is 8.11. The second-order valence-corrected chi connectivity index (χ2v) is 10.00. The number of pyridine rings is 1. The van der Waals surface area contributed by atoms with E-state index < -0.39 is 0 Å². The van der Waals surface area contributed by atoms with Crippen molar-refractivity contribution >= 4 is 28.1 Å². The Labute approximate surface area is 203 Å². The van der Waals surface area contributed by atoms with Crippen molar-refractivity contribution in [3.63, 3.8) is 0 Å². The van der Waals surface area contributed by atoms with Crippen LogP contribution in [-0.4, -0.2) is 55.3 Å². The topological polar surface area (TPSA) is 85.1 Å². The number of hydrogen-bond acceptors (Lipinski definition) is 6. The summed E-state index contributed by atoms with van der Waals surface area (Å²) >= 11 is 0. The lowest BCUT2D eigenvalue weighted by Gasteiger charge is -2.40. The molecule has 0 unspecified atom stereocenters. The summed E-state index contributed by atoms with van der Waals surface area (Å²) in [4.78, 5) is 7.32. The van der Waals surface area contributed by atoms with Gasteiger partial charge < -0.3 is 25.8 Å². The highest BCUT2D eigenvalue weighted by Gasteiger charge is 2.32. The zero-order valence-electron chi connectivity index (χ0n) is 20.9. The molecule has 4 rings (SSSR count). The second-order valence-electron chi connectivity index (χ2n) is 10.00. The number of aryl methyl sites for hydroxylation is 1. The van der Waals surface area contributed by atoms with E-state index in [1.54, 1.807) is 19.1 Å². The van der Waals surface area contributed by atoms with Crippen LogP contribution in [0.25, 0.3) is 10.9 Å². The SMILES string of the molecule is CO[C@H]1CN(c2nc3ccc(C)cc3cc2C(=N)/C=C\C(C)=N)CC[C@H]1CNC1CCCCC1. The van der Waals surface area contributed by atoms with Crippen molar-refractivity contribution in [2.75, 3.05) is 31.6 Å². The van der Waals surface area contributed by atoms with Gasteiger partial charge in [-0.1, -0.05) is 30.9 Å². The van der Waals surface area contributed by atoms with Crippen LogP contribution in [0.2, 0.25) is 0 Å². The van der Waals surface area contributed by atoms with Crippen LogP contribution in [0, 0.1) is 23.7 Å². The minimum Gasteiger partial charge on any atom is -0.379 e. The largest absolute Gasteiger partial charge is 0.379 e. The lowest BCUT2D eigenvalue weighted by atomic mass is 9.91. The maximum atomic E-state index is 8.73. The normalized spacial score (nSPS) is 21.9. The molecule has 1 aromatic heterocycles. The van der Waals surface area contributed by atoms with Gasteiger partial charge in [0, 0.05) is 55.4 Å². The van der Waals surface area contributed by atoms with Gasteiger partial charge in [-0.3, -0.25) is 0 Å². The van der Waals surface area contributed by atoms with Gasteiger partial charge >= 0.3 is 0 Å². The van der Waals surface area contributed by atoms with Gasteiger partial charge in [-0.2, -0.15) is 0 Å². The number of allylic oxidation sites excluding steroid dienone is 2. The summed E-state index contributed by atoms with van der Waals surface area (Å²) in [6, 6.07) is 9.01. The number of rotatable bonds is 8. The highest BCUT2D eigenvalue weighted by molar-refractivity contribution is 6.13. The number of piperidine rings is 1. The molecule has 2 fully saturated rings. The summed E-state index contributed by atoms with van der Waals surface area (Å²) < 4.78 is 5.97. The van der Waals surface area contributed by atoms with Crippen LogP contribution < -0.4 is 10.2 Å². The number of nitrogens with zero attached hydrogens (tertiary/aromatic N) is 2. The Hall–Kier alpha value is -2.57. The molecule has 2 aromatic rings. The molecule has 182 valence electrons. The van der Waals surface area contributed by atoms with E-state index in [0.717, 1.165) is 48.3 Å². The molecule has 0 spiro atoms. The molecule has 2 aliphatic rings. The zero-order valence-corrected chi connectivity index (χ0v) is 20.9. The molecule has 2 heterocycles. The predicted molar refractivity (Wildman–Crippen MR) is 142 cm³/mol. The molecule has 34 heavy (non-hydrogen) atoms. The fourth-order valence-corrected chi connectivity index (χ4v) is 5.31. The van der Waals surface area contributed by atoms with Crippen LogP contribution in [0.1, 0.15) is 56.6 Å². The summed E-state index contributed by atoms with van der Waals surface area (Å²) in [6.07, 6.45) is 11.2. The molecular formula is C28H39N5O. The smallest absolute Gasteiger partial charge is 0.138 e. The third kappa shape index (κ3) is 5.91. The van der Waals surface area contributed by atoms with Crippen LogP contribution in [0.15, 0.2) is 36.4 Å². The van der Waals surface area contributed by atoms with Crippen molar-refractivity contribution in [1.82, 2.24) is 10.3 Å². The average molecular weight is 462 g/mol. The quantitative estimate of drug-likeness (QED) is 0.468. The van der Waals surface area contributed by atoms with Crippen LogP contribution in [0.4, 0.5) is 5.82 Å². The van der Waals surface area contributed by atoms with E-state index in [4.69, 9.17) is 20.5 Å². The van der Waals surface area contributed by atoms with Crippen molar-refractivity contribution in [3.8, 4) is 0 Å². The standard InChI is InChI=1S/C28H39N5O/c1-19-9-12-26-22(15-19)16-24(25(30)11-10-20(2)29)28(32-26)33-14-13-21(27(18-33)34-3)17-31-23-7-5-4-6-8-23/h9-12,15-16,21,23,27,29-31H,4-8,13-14,17-18H2,1-3H3/b11-10-,29-20?,30-25?/t21-,27-/m0/s1. The summed E-state index contributed by atoms with van der Waals surface area (Å²) in [5.41, 5.74) is 3.74. The Morgan fingerprint density at radius 3 is 2.68 bits per heavy atom. The third-order valence-electron chi connectivity index (χ3n) is 7.31. The van der Waals surface area contributed by atoms with Crippen molar-refractivity contribution in [3.05, 3.63) is 47.5 Å². The van der Waals surface area contributed by atoms with Crippen molar-refractivity contribution in [2.45, 2.75) is 64.5 Å². The van der Waals surface area contributed by atoms with Gasteiger partial charge in [0.1, 0.15) is 5.82 Å². The number of methoxy groups -OCH3 is 1. The lowest BCUT2D eigenvalue weighted by Crippen LogP contribution is -2.49.